The summed E-state index contributed by atoms with van der Waals surface area (Å²) in [7, 11) is 8.29. The third-order valence-electron chi connectivity index (χ3n) is 4.62. The van der Waals surface area contributed by atoms with Gasteiger partial charge in [0.15, 0.2) is 0 Å². The highest BCUT2D eigenvalue weighted by atomic mass is 15.1. The van der Waals surface area contributed by atoms with Crippen molar-refractivity contribution in [1.82, 2.24) is 0 Å². The summed E-state index contributed by atoms with van der Waals surface area (Å²) in [5.41, 5.74) is 6.39. The summed E-state index contributed by atoms with van der Waals surface area (Å²) >= 11 is 0. The second-order valence-electron chi connectivity index (χ2n) is 6.82. The molecule has 0 N–H and O–H groups in total. The molecule has 0 spiro atoms. The Labute approximate surface area is 165 Å². The zero-order valence-electron chi connectivity index (χ0n) is 17.5. The van der Waals surface area contributed by atoms with Crippen LogP contribution in [0.3, 0.4) is 0 Å². The minimum absolute atomic E-state index is 0.244. The molecule has 0 aliphatic rings. The molecule has 3 rings (SSSR count). The maximum atomic E-state index is 2.24. The molecule has 142 valence electrons. The second kappa shape index (κ2) is 9.82. The highest BCUT2D eigenvalue weighted by Gasteiger charge is 2.16. The highest BCUT2D eigenvalue weighted by Crippen LogP contribution is 2.33. The van der Waals surface area contributed by atoms with E-state index in [0.717, 1.165) is 0 Å². The Morgan fingerprint density at radius 3 is 1.15 bits per heavy atom. The number of hydrogen-bond donors (Lipinski definition) is 0. The Morgan fingerprint density at radius 2 is 0.815 bits per heavy atom. The van der Waals surface area contributed by atoms with Crippen LogP contribution in [-0.2, 0) is 0 Å². The van der Waals surface area contributed by atoms with Gasteiger partial charge in [0.05, 0.1) is 0 Å². The zero-order chi connectivity index (χ0) is 19.8. The average Bonchev–Trinajstić information content (AvgIpc) is 2.71. The number of rotatable bonds is 5. The Morgan fingerprint density at radius 1 is 0.481 bits per heavy atom. The van der Waals surface area contributed by atoms with E-state index in [1.54, 1.807) is 0 Å². The quantitative estimate of drug-likeness (QED) is 0.513. The van der Waals surface area contributed by atoms with Crippen LogP contribution in [0.4, 0.5) is 11.4 Å². The van der Waals surface area contributed by atoms with Gasteiger partial charge in [0.1, 0.15) is 0 Å². The van der Waals surface area contributed by atoms with E-state index in [4.69, 9.17) is 0 Å². The largest absolute Gasteiger partial charge is 0.378 e. The molecule has 0 aromatic heterocycles. The number of anilines is 2. The molecule has 0 saturated heterocycles. The van der Waals surface area contributed by atoms with E-state index in [2.05, 4.69) is 117 Å². The van der Waals surface area contributed by atoms with Gasteiger partial charge in [0.2, 0.25) is 0 Å². The summed E-state index contributed by atoms with van der Waals surface area (Å²) in [4.78, 5) is 4.26. The van der Waals surface area contributed by atoms with Crippen molar-refractivity contribution in [3.63, 3.8) is 0 Å². The van der Waals surface area contributed by atoms with Crippen LogP contribution >= 0.6 is 0 Å². The van der Waals surface area contributed by atoms with E-state index in [-0.39, 0.29) is 5.92 Å². The molecule has 0 amide bonds. The summed E-state index contributed by atoms with van der Waals surface area (Å²) in [6.45, 7) is 4.00. The van der Waals surface area contributed by atoms with Crippen molar-refractivity contribution in [2.75, 3.05) is 38.0 Å². The molecule has 0 bridgehead atoms. The molecular weight excluding hydrogens is 328 g/mol. The molecule has 0 aliphatic carbocycles. The lowest BCUT2D eigenvalue weighted by atomic mass is 9.85. The van der Waals surface area contributed by atoms with Crippen LogP contribution in [0, 0.1) is 0 Å². The van der Waals surface area contributed by atoms with Crippen molar-refractivity contribution in [2.24, 2.45) is 0 Å². The molecule has 0 saturated carbocycles. The van der Waals surface area contributed by atoms with Crippen LogP contribution < -0.4 is 9.80 Å². The minimum atomic E-state index is 0.244. The van der Waals surface area contributed by atoms with Crippen molar-refractivity contribution < 1.29 is 0 Å². The van der Waals surface area contributed by atoms with Gasteiger partial charge in [-0.1, -0.05) is 68.4 Å². The first kappa shape index (κ1) is 20.6. The predicted molar refractivity (Wildman–Crippen MR) is 120 cm³/mol. The molecule has 0 unspecified atom stereocenters. The van der Waals surface area contributed by atoms with Gasteiger partial charge in [0, 0.05) is 45.5 Å². The molecule has 0 aliphatic heterocycles. The lowest BCUT2D eigenvalue weighted by molar-refractivity contribution is 0.973. The van der Waals surface area contributed by atoms with E-state index in [1.165, 1.54) is 28.1 Å². The van der Waals surface area contributed by atoms with E-state index in [0.29, 0.717) is 0 Å². The van der Waals surface area contributed by atoms with Crippen LogP contribution in [0.15, 0.2) is 78.9 Å². The molecule has 27 heavy (non-hydrogen) atoms. The van der Waals surface area contributed by atoms with E-state index >= 15 is 0 Å². The average molecular weight is 361 g/mol. The van der Waals surface area contributed by atoms with Crippen molar-refractivity contribution >= 4 is 11.4 Å². The lowest BCUT2D eigenvalue weighted by Crippen LogP contribution is -2.10. The fourth-order valence-electron chi connectivity index (χ4n) is 3.15. The normalized spacial score (nSPS) is 10.2. The maximum Gasteiger partial charge on any atom is 0.0361 e. The Hall–Kier alpha value is -2.74. The summed E-state index contributed by atoms with van der Waals surface area (Å²) < 4.78 is 0. The molecule has 3 aromatic carbocycles. The first-order valence-corrected chi connectivity index (χ1v) is 9.66. The molecule has 0 atom stereocenters. The Balaban J connectivity index is 0.00000126. The van der Waals surface area contributed by atoms with Crippen LogP contribution in [0.5, 0.6) is 0 Å². The minimum Gasteiger partial charge on any atom is -0.378 e. The van der Waals surface area contributed by atoms with Gasteiger partial charge < -0.3 is 9.80 Å². The summed E-state index contributed by atoms with van der Waals surface area (Å²) in [6.07, 6.45) is 0. The maximum absolute atomic E-state index is 2.24. The first-order valence-electron chi connectivity index (χ1n) is 9.66. The topological polar surface area (TPSA) is 6.48 Å². The van der Waals surface area contributed by atoms with Gasteiger partial charge in [-0.05, 0) is 41.0 Å². The summed E-state index contributed by atoms with van der Waals surface area (Å²) in [6, 6.07) is 28.5. The molecule has 3 aromatic rings. The van der Waals surface area contributed by atoms with Crippen LogP contribution in [0.2, 0.25) is 0 Å². The van der Waals surface area contributed by atoms with Crippen molar-refractivity contribution in [3.8, 4) is 0 Å². The third-order valence-corrected chi connectivity index (χ3v) is 4.62. The van der Waals surface area contributed by atoms with E-state index < -0.39 is 0 Å². The fraction of sp³-hybridized carbons (Fsp3) is 0.280. The zero-order valence-corrected chi connectivity index (χ0v) is 17.5. The van der Waals surface area contributed by atoms with Gasteiger partial charge in [-0.25, -0.2) is 0 Å². The summed E-state index contributed by atoms with van der Waals surface area (Å²) in [5.74, 6) is 0.244. The van der Waals surface area contributed by atoms with Gasteiger partial charge in [0.25, 0.3) is 0 Å². The van der Waals surface area contributed by atoms with Crippen molar-refractivity contribution in [3.05, 3.63) is 95.6 Å². The molecule has 0 fully saturated rings. The fourth-order valence-corrected chi connectivity index (χ4v) is 3.15. The van der Waals surface area contributed by atoms with Gasteiger partial charge in [-0.3, -0.25) is 0 Å². The molecule has 0 heterocycles. The number of hydrogen-bond acceptors (Lipinski definition) is 2. The van der Waals surface area contributed by atoms with Crippen molar-refractivity contribution in [2.45, 2.75) is 19.8 Å². The first-order chi connectivity index (χ1) is 13.1. The van der Waals surface area contributed by atoms with Gasteiger partial charge in [-0.15, -0.1) is 0 Å². The van der Waals surface area contributed by atoms with Gasteiger partial charge in [-0.2, -0.15) is 0 Å². The Kier molecular flexibility index (Phi) is 7.48. The smallest absolute Gasteiger partial charge is 0.0361 e. The predicted octanol–water partition coefficient (Wildman–Crippen LogP) is 6.03. The second-order valence-corrected chi connectivity index (χ2v) is 6.82. The third kappa shape index (κ3) is 5.13. The lowest BCUT2D eigenvalue weighted by Gasteiger charge is -2.21. The number of nitrogens with zero attached hydrogens (tertiary/aromatic N) is 2. The highest BCUT2D eigenvalue weighted by molar-refractivity contribution is 5.53. The van der Waals surface area contributed by atoms with Gasteiger partial charge >= 0.3 is 0 Å². The summed E-state index contributed by atoms with van der Waals surface area (Å²) in [5, 5.41) is 0. The van der Waals surface area contributed by atoms with Crippen LogP contribution in [0.25, 0.3) is 0 Å². The van der Waals surface area contributed by atoms with Crippen molar-refractivity contribution in [1.29, 1.82) is 0 Å². The van der Waals surface area contributed by atoms with E-state index in [9.17, 15) is 0 Å². The molecule has 0 radical (unpaired) electrons. The SMILES string of the molecule is CC.CN(C)c1ccc(C(c2ccccc2)c2ccc(N(C)C)cc2)cc1. The monoisotopic (exact) mass is 360 g/mol. The molecule has 2 nitrogen and oxygen atoms in total. The molecular formula is C25H32N2. The molecule has 2 heteroatoms. The van der Waals surface area contributed by atoms with Crippen LogP contribution in [0.1, 0.15) is 36.5 Å². The Bertz CT molecular complexity index is 736. The number of benzene rings is 3. The van der Waals surface area contributed by atoms with E-state index in [1.807, 2.05) is 13.8 Å². The standard InChI is InChI=1S/C23H26N2.C2H6/c1-24(2)21-14-10-19(11-15-21)23(18-8-6-5-7-9-18)20-12-16-22(17-13-20)25(3)4;1-2/h5-17,23H,1-4H3;1-2H3. The van der Waals surface area contributed by atoms with Crippen LogP contribution in [-0.4, -0.2) is 28.2 Å².